The lowest BCUT2D eigenvalue weighted by molar-refractivity contribution is 0.0683. The summed E-state index contributed by atoms with van der Waals surface area (Å²) in [7, 11) is 0. The van der Waals surface area contributed by atoms with E-state index < -0.39 is 5.97 Å². The van der Waals surface area contributed by atoms with Crippen molar-refractivity contribution in [3.05, 3.63) is 35.2 Å². The highest BCUT2D eigenvalue weighted by Gasteiger charge is 2.14. The molecule has 0 radical (unpaired) electrons. The molecule has 0 fully saturated rings. The van der Waals surface area contributed by atoms with Crippen LogP contribution in [0.4, 0.5) is 5.95 Å². The predicted octanol–water partition coefficient (Wildman–Crippen LogP) is 1.16. The molecule has 17 heavy (non-hydrogen) atoms. The third kappa shape index (κ3) is 2.10. The number of carboxylic acids is 1. The van der Waals surface area contributed by atoms with Gasteiger partial charge < -0.3 is 10.8 Å². The van der Waals surface area contributed by atoms with Crippen molar-refractivity contribution in [2.24, 2.45) is 0 Å². The molecule has 0 amide bonds. The van der Waals surface area contributed by atoms with E-state index in [0.717, 1.165) is 11.1 Å². The first kappa shape index (κ1) is 11.1. The van der Waals surface area contributed by atoms with Crippen molar-refractivity contribution < 1.29 is 9.90 Å². The van der Waals surface area contributed by atoms with E-state index in [1.165, 1.54) is 4.68 Å². The normalized spacial score (nSPS) is 10.5. The van der Waals surface area contributed by atoms with Crippen LogP contribution in [-0.2, 0) is 0 Å². The minimum atomic E-state index is -1.19. The molecule has 0 aliphatic heterocycles. The molecule has 88 valence electrons. The number of anilines is 1. The number of hydrogen-bond donors (Lipinski definition) is 2. The summed E-state index contributed by atoms with van der Waals surface area (Å²) >= 11 is 0. The number of aryl methyl sites for hydroxylation is 2. The summed E-state index contributed by atoms with van der Waals surface area (Å²) in [5.41, 5.74) is 8.44. The summed E-state index contributed by atoms with van der Waals surface area (Å²) in [6.45, 7) is 3.89. The van der Waals surface area contributed by atoms with Gasteiger partial charge in [-0.05, 0) is 37.1 Å². The van der Waals surface area contributed by atoms with E-state index >= 15 is 0 Å². The van der Waals surface area contributed by atoms with E-state index in [4.69, 9.17) is 10.8 Å². The molecule has 0 spiro atoms. The van der Waals surface area contributed by atoms with Gasteiger partial charge in [-0.1, -0.05) is 6.07 Å². The molecule has 3 N–H and O–H groups in total. The molecule has 6 nitrogen and oxygen atoms in total. The van der Waals surface area contributed by atoms with Crippen molar-refractivity contribution in [3.8, 4) is 5.69 Å². The Balaban J connectivity index is 2.56. The van der Waals surface area contributed by atoms with E-state index in [2.05, 4.69) is 10.1 Å². The van der Waals surface area contributed by atoms with Crippen LogP contribution in [0.25, 0.3) is 5.69 Å². The molecule has 2 aromatic rings. The van der Waals surface area contributed by atoms with Crippen molar-refractivity contribution in [2.75, 3.05) is 5.73 Å². The fourth-order valence-corrected chi connectivity index (χ4v) is 1.68. The number of aromatic nitrogens is 3. The molecular formula is C11H12N4O2. The van der Waals surface area contributed by atoms with Crippen LogP contribution in [0.5, 0.6) is 0 Å². The van der Waals surface area contributed by atoms with Crippen LogP contribution in [0, 0.1) is 13.8 Å². The summed E-state index contributed by atoms with van der Waals surface area (Å²) in [4.78, 5) is 14.4. The number of nitrogen functional groups attached to an aromatic ring is 1. The monoisotopic (exact) mass is 232 g/mol. The first-order valence-electron chi connectivity index (χ1n) is 5.02. The topological polar surface area (TPSA) is 94.0 Å². The van der Waals surface area contributed by atoms with Crippen LogP contribution in [0.3, 0.4) is 0 Å². The summed E-state index contributed by atoms with van der Waals surface area (Å²) in [6.07, 6.45) is 0. The molecule has 0 aliphatic carbocycles. The summed E-state index contributed by atoms with van der Waals surface area (Å²) in [5.74, 6) is -1.44. The zero-order valence-electron chi connectivity index (χ0n) is 9.51. The van der Waals surface area contributed by atoms with Crippen molar-refractivity contribution in [3.63, 3.8) is 0 Å². The number of benzene rings is 1. The predicted molar refractivity (Wildman–Crippen MR) is 62.2 cm³/mol. The van der Waals surface area contributed by atoms with E-state index in [1.54, 1.807) is 0 Å². The minimum Gasteiger partial charge on any atom is -0.475 e. The van der Waals surface area contributed by atoms with E-state index in [-0.39, 0.29) is 11.8 Å². The summed E-state index contributed by atoms with van der Waals surface area (Å²) in [5, 5.41) is 12.6. The number of hydrogen-bond acceptors (Lipinski definition) is 4. The second-order valence-electron chi connectivity index (χ2n) is 3.86. The molecule has 0 aliphatic rings. The van der Waals surface area contributed by atoms with Crippen molar-refractivity contribution in [1.82, 2.24) is 14.8 Å². The molecule has 0 bridgehead atoms. The molecule has 1 aromatic heterocycles. The Bertz CT molecular complexity index is 569. The maximum absolute atomic E-state index is 10.7. The minimum absolute atomic E-state index is 0.0624. The average Bonchev–Trinajstić information content (AvgIpc) is 2.59. The largest absolute Gasteiger partial charge is 0.475 e. The molecule has 6 heteroatoms. The Morgan fingerprint density at radius 2 is 1.88 bits per heavy atom. The van der Waals surface area contributed by atoms with E-state index in [0.29, 0.717) is 5.69 Å². The van der Waals surface area contributed by atoms with Crippen molar-refractivity contribution in [2.45, 2.75) is 13.8 Å². The number of nitrogens with two attached hydrogens (primary N) is 1. The van der Waals surface area contributed by atoms with Crippen LogP contribution in [0.1, 0.15) is 21.7 Å². The van der Waals surface area contributed by atoms with E-state index in [9.17, 15) is 4.79 Å². The third-order valence-electron chi connectivity index (χ3n) is 2.27. The lowest BCUT2D eigenvalue weighted by Crippen LogP contribution is -2.04. The molecule has 2 rings (SSSR count). The SMILES string of the molecule is Cc1cc(C)cc(-n2nc(C(=O)O)nc2N)c1. The first-order chi connectivity index (χ1) is 7.97. The van der Waals surface area contributed by atoms with Crippen molar-refractivity contribution in [1.29, 1.82) is 0 Å². The molecule has 1 aromatic carbocycles. The Morgan fingerprint density at radius 1 is 1.29 bits per heavy atom. The maximum atomic E-state index is 10.7. The highest BCUT2D eigenvalue weighted by Crippen LogP contribution is 2.15. The van der Waals surface area contributed by atoms with Gasteiger partial charge in [0.1, 0.15) is 0 Å². The van der Waals surface area contributed by atoms with Gasteiger partial charge in [0.2, 0.25) is 5.95 Å². The molecule has 0 saturated carbocycles. The standard InChI is InChI=1S/C11H12N4O2/c1-6-3-7(2)5-8(4-6)15-11(12)13-9(14-15)10(16)17/h3-5H,1-2H3,(H,16,17)(H2,12,13,14). The number of aromatic carboxylic acids is 1. The van der Waals surface area contributed by atoms with Crippen LogP contribution >= 0.6 is 0 Å². The van der Waals surface area contributed by atoms with Gasteiger partial charge in [-0.2, -0.15) is 9.67 Å². The number of nitrogens with zero attached hydrogens (tertiary/aromatic N) is 3. The zero-order chi connectivity index (χ0) is 12.6. The van der Waals surface area contributed by atoms with Gasteiger partial charge in [0.15, 0.2) is 0 Å². The van der Waals surface area contributed by atoms with Crippen LogP contribution in [-0.4, -0.2) is 25.8 Å². The van der Waals surface area contributed by atoms with Crippen LogP contribution in [0.15, 0.2) is 18.2 Å². The van der Waals surface area contributed by atoms with Gasteiger partial charge in [-0.15, -0.1) is 5.10 Å². The average molecular weight is 232 g/mol. The van der Waals surface area contributed by atoms with Gasteiger partial charge in [0.05, 0.1) is 5.69 Å². The van der Waals surface area contributed by atoms with Gasteiger partial charge in [0.25, 0.3) is 5.82 Å². The highest BCUT2D eigenvalue weighted by molar-refractivity contribution is 5.83. The Morgan fingerprint density at radius 3 is 2.35 bits per heavy atom. The Kier molecular flexibility index (Phi) is 2.55. The second-order valence-corrected chi connectivity index (χ2v) is 3.86. The first-order valence-corrected chi connectivity index (χ1v) is 5.02. The summed E-state index contributed by atoms with van der Waals surface area (Å²) < 4.78 is 1.32. The van der Waals surface area contributed by atoms with E-state index in [1.807, 2.05) is 32.0 Å². The number of carboxylic acid groups (broad SMARTS) is 1. The summed E-state index contributed by atoms with van der Waals surface area (Å²) in [6, 6.07) is 5.74. The molecule has 0 unspecified atom stereocenters. The fraction of sp³-hybridized carbons (Fsp3) is 0.182. The second kappa shape index (κ2) is 3.89. The lowest BCUT2D eigenvalue weighted by atomic mass is 10.1. The smallest absolute Gasteiger partial charge is 0.375 e. The fourth-order valence-electron chi connectivity index (χ4n) is 1.68. The quantitative estimate of drug-likeness (QED) is 0.810. The Labute approximate surface area is 97.7 Å². The molecule has 0 atom stereocenters. The molecular weight excluding hydrogens is 220 g/mol. The van der Waals surface area contributed by atoms with Gasteiger partial charge in [-0.3, -0.25) is 0 Å². The molecule has 1 heterocycles. The Hall–Kier alpha value is -2.37. The third-order valence-corrected chi connectivity index (χ3v) is 2.27. The van der Waals surface area contributed by atoms with Gasteiger partial charge in [-0.25, -0.2) is 4.79 Å². The number of carbonyl (C=O) groups is 1. The van der Waals surface area contributed by atoms with Crippen LogP contribution in [0.2, 0.25) is 0 Å². The highest BCUT2D eigenvalue weighted by atomic mass is 16.4. The lowest BCUT2D eigenvalue weighted by Gasteiger charge is -2.05. The van der Waals surface area contributed by atoms with Crippen molar-refractivity contribution >= 4 is 11.9 Å². The van der Waals surface area contributed by atoms with Gasteiger partial charge >= 0.3 is 5.97 Å². The maximum Gasteiger partial charge on any atom is 0.375 e. The number of rotatable bonds is 2. The molecule has 0 saturated heterocycles. The van der Waals surface area contributed by atoms with Crippen LogP contribution < -0.4 is 5.73 Å². The zero-order valence-corrected chi connectivity index (χ0v) is 9.51. The van der Waals surface area contributed by atoms with Gasteiger partial charge in [0, 0.05) is 0 Å².